The van der Waals surface area contributed by atoms with Crippen LogP contribution in [0.2, 0.25) is 0 Å². The fraction of sp³-hybridized carbons (Fsp3) is 0.462. The lowest BCUT2D eigenvalue weighted by Gasteiger charge is -2.17. The Kier molecular flexibility index (Phi) is 5.63. The standard InChI is InChI=1S/C13H18FNO2/c1-3-7-17-10-13(16)15(2)9-11-5-4-6-12(14)8-11/h4-6,8H,3,7,9-10H2,1-2H3. The summed E-state index contributed by atoms with van der Waals surface area (Å²) in [6, 6.07) is 6.24. The van der Waals surface area contributed by atoms with Crippen molar-refractivity contribution in [2.75, 3.05) is 20.3 Å². The highest BCUT2D eigenvalue weighted by Gasteiger charge is 2.09. The van der Waals surface area contributed by atoms with Gasteiger partial charge in [0, 0.05) is 20.2 Å². The molecule has 0 atom stereocenters. The summed E-state index contributed by atoms with van der Waals surface area (Å²) < 4.78 is 18.1. The van der Waals surface area contributed by atoms with Gasteiger partial charge in [0.25, 0.3) is 0 Å². The Morgan fingerprint density at radius 1 is 1.47 bits per heavy atom. The summed E-state index contributed by atoms with van der Waals surface area (Å²) in [6.07, 6.45) is 0.890. The predicted octanol–water partition coefficient (Wildman–Crippen LogP) is 2.21. The molecule has 94 valence electrons. The van der Waals surface area contributed by atoms with E-state index < -0.39 is 0 Å². The zero-order valence-electron chi connectivity index (χ0n) is 10.3. The molecule has 1 aromatic carbocycles. The Hall–Kier alpha value is -1.42. The van der Waals surface area contributed by atoms with Gasteiger partial charge < -0.3 is 9.64 Å². The first-order valence-corrected chi connectivity index (χ1v) is 5.69. The molecule has 0 radical (unpaired) electrons. The average Bonchev–Trinajstić information content (AvgIpc) is 2.29. The van der Waals surface area contributed by atoms with Crippen LogP contribution < -0.4 is 0 Å². The first-order chi connectivity index (χ1) is 8.13. The molecule has 0 saturated carbocycles. The van der Waals surface area contributed by atoms with Crippen molar-refractivity contribution < 1.29 is 13.9 Å². The van der Waals surface area contributed by atoms with E-state index in [-0.39, 0.29) is 18.3 Å². The molecule has 1 aromatic rings. The van der Waals surface area contributed by atoms with Gasteiger partial charge in [-0.1, -0.05) is 19.1 Å². The molecule has 0 aliphatic rings. The number of likely N-dealkylation sites (N-methyl/N-ethyl adjacent to an activating group) is 1. The minimum absolute atomic E-state index is 0.0830. The smallest absolute Gasteiger partial charge is 0.248 e. The molecule has 1 rings (SSSR count). The molecular formula is C13H18FNO2. The Morgan fingerprint density at radius 2 is 2.24 bits per heavy atom. The topological polar surface area (TPSA) is 29.5 Å². The van der Waals surface area contributed by atoms with Crippen molar-refractivity contribution in [2.24, 2.45) is 0 Å². The minimum Gasteiger partial charge on any atom is -0.372 e. The van der Waals surface area contributed by atoms with Crippen LogP contribution >= 0.6 is 0 Å². The van der Waals surface area contributed by atoms with Crippen LogP contribution in [0, 0.1) is 5.82 Å². The molecule has 0 spiro atoms. The monoisotopic (exact) mass is 239 g/mol. The van der Waals surface area contributed by atoms with E-state index in [0.717, 1.165) is 12.0 Å². The highest BCUT2D eigenvalue weighted by atomic mass is 19.1. The Morgan fingerprint density at radius 3 is 2.88 bits per heavy atom. The number of ether oxygens (including phenoxy) is 1. The van der Waals surface area contributed by atoms with Gasteiger partial charge >= 0.3 is 0 Å². The van der Waals surface area contributed by atoms with Crippen molar-refractivity contribution in [1.29, 1.82) is 0 Å². The van der Waals surface area contributed by atoms with Crippen LogP contribution in [0.5, 0.6) is 0 Å². The summed E-state index contributed by atoms with van der Waals surface area (Å²) in [7, 11) is 1.68. The minimum atomic E-state index is -0.286. The summed E-state index contributed by atoms with van der Waals surface area (Å²) in [6.45, 7) is 3.05. The van der Waals surface area contributed by atoms with E-state index in [1.54, 1.807) is 19.2 Å². The van der Waals surface area contributed by atoms with Crippen molar-refractivity contribution >= 4 is 5.91 Å². The molecule has 1 amide bonds. The van der Waals surface area contributed by atoms with Gasteiger partial charge in [-0.25, -0.2) is 4.39 Å². The van der Waals surface area contributed by atoms with E-state index in [4.69, 9.17) is 4.74 Å². The van der Waals surface area contributed by atoms with Crippen LogP contribution in [0.4, 0.5) is 4.39 Å². The number of hydrogen-bond acceptors (Lipinski definition) is 2. The van der Waals surface area contributed by atoms with Crippen LogP contribution in [-0.2, 0) is 16.1 Å². The van der Waals surface area contributed by atoms with Gasteiger partial charge in [-0.15, -0.1) is 0 Å². The molecule has 0 unspecified atom stereocenters. The molecule has 4 heteroatoms. The number of amides is 1. The lowest BCUT2D eigenvalue weighted by molar-refractivity contribution is -0.135. The van der Waals surface area contributed by atoms with Crippen molar-refractivity contribution in [3.63, 3.8) is 0 Å². The van der Waals surface area contributed by atoms with Crippen molar-refractivity contribution in [1.82, 2.24) is 4.90 Å². The van der Waals surface area contributed by atoms with E-state index in [9.17, 15) is 9.18 Å². The lowest BCUT2D eigenvalue weighted by Crippen LogP contribution is -2.30. The zero-order valence-corrected chi connectivity index (χ0v) is 10.3. The number of nitrogens with zero attached hydrogens (tertiary/aromatic N) is 1. The molecule has 0 aromatic heterocycles. The summed E-state index contributed by atoms with van der Waals surface area (Å²) in [5.41, 5.74) is 0.774. The van der Waals surface area contributed by atoms with Gasteiger partial charge in [0.05, 0.1) is 0 Å². The van der Waals surface area contributed by atoms with Crippen LogP contribution in [0.1, 0.15) is 18.9 Å². The van der Waals surface area contributed by atoms with Crippen LogP contribution in [-0.4, -0.2) is 31.1 Å². The van der Waals surface area contributed by atoms with E-state index >= 15 is 0 Å². The van der Waals surface area contributed by atoms with Gasteiger partial charge in [-0.3, -0.25) is 4.79 Å². The molecule has 0 heterocycles. The lowest BCUT2D eigenvalue weighted by atomic mass is 10.2. The molecule has 0 aliphatic heterocycles. The predicted molar refractivity (Wildman–Crippen MR) is 64.0 cm³/mol. The SMILES string of the molecule is CCCOCC(=O)N(C)Cc1cccc(F)c1. The number of benzene rings is 1. The number of carbonyl (C=O) groups excluding carboxylic acids is 1. The van der Waals surface area contributed by atoms with Crippen molar-refractivity contribution in [3.05, 3.63) is 35.6 Å². The van der Waals surface area contributed by atoms with Gasteiger partial charge in [0.15, 0.2) is 0 Å². The van der Waals surface area contributed by atoms with Crippen molar-refractivity contribution in [3.8, 4) is 0 Å². The number of carbonyl (C=O) groups is 1. The van der Waals surface area contributed by atoms with E-state index in [1.165, 1.54) is 17.0 Å². The third-order valence-corrected chi connectivity index (χ3v) is 2.31. The Bertz CT molecular complexity index is 368. The highest BCUT2D eigenvalue weighted by molar-refractivity contribution is 5.77. The molecule has 0 aliphatic carbocycles. The molecule has 0 N–H and O–H groups in total. The first kappa shape index (κ1) is 13.6. The maximum atomic E-state index is 12.9. The second-order valence-electron chi connectivity index (χ2n) is 3.93. The third kappa shape index (κ3) is 4.95. The van der Waals surface area contributed by atoms with Crippen LogP contribution in [0.25, 0.3) is 0 Å². The summed E-state index contributed by atoms with van der Waals surface area (Å²) in [4.78, 5) is 13.1. The number of hydrogen-bond donors (Lipinski definition) is 0. The highest BCUT2D eigenvalue weighted by Crippen LogP contribution is 2.06. The normalized spacial score (nSPS) is 10.3. The molecule has 17 heavy (non-hydrogen) atoms. The van der Waals surface area contributed by atoms with Gasteiger partial charge in [-0.2, -0.15) is 0 Å². The van der Waals surface area contributed by atoms with Gasteiger partial charge in [0.2, 0.25) is 5.91 Å². The molecule has 0 bridgehead atoms. The van der Waals surface area contributed by atoms with E-state index in [0.29, 0.717) is 13.2 Å². The van der Waals surface area contributed by atoms with Crippen LogP contribution in [0.3, 0.4) is 0 Å². The molecular weight excluding hydrogens is 221 g/mol. The largest absolute Gasteiger partial charge is 0.372 e. The maximum absolute atomic E-state index is 12.9. The van der Waals surface area contributed by atoms with Gasteiger partial charge in [0.1, 0.15) is 12.4 Å². The second-order valence-corrected chi connectivity index (χ2v) is 3.93. The Labute approximate surface area is 101 Å². The van der Waals surface area contributed by atoms with Gasteiger partial charge in [-0.05, 0) is 24.1 Å². The summed E-state index contributed by atoms with van der Waals surface area (Å²) >= 11 is 0. The third-order valence-electron chi connectivity index (χ3n) is 2.31. The van der Waals surface area contributed by atoms with Crippen molar-refractivity contribution in [2.45, 2.75) is 19.9 Å². The fourth-order valence-electron chi connectivity index (χ4n) is 1.41. The number of halogens is 1. The zero-order chi connectivity index (χ0) is 12.7. The molecule has 3 nitrogen and oxygen atoms in total. The second kappa shape index (κ2) is 7.01. The first-order valence-electron chi connectivity index (χ1n) is 5.69. The summed E-state index contributed by atoms with van der Waals surface area (Å²) in [5, 5.41) is 0. The van der Waals surface area contributed by atoms with Crippen LogP contribution in [0.15, 0.2) is 24.3 Å². The molecule has 0 fully saturated rings. The summed E-state index contributed by atoms with van der Waals surface area (Å²) in [5.74, 6) is -0.381. The fourth-order valence-corrected chi connectivity index (χ4v) is 1.41. The maximum Gasteiger partial charge on any atom is 0.248 e. The molecule has 0 saturated heterocycles. The number of rotatable bonds is 6. The quantitative estimate of drug-likeness (QED) is 0.712. The van der Waals surface area contributed by atoms with E-state index in [2.05, 4.69) is 0 Å². The van der Waals surface area contributed by atoms with E-state index in [1.807, 2.05) is 6.92 Å². The average molecular weight is 239 g/mol. The Balaban J connectivity index is 2.43.